The third-order valence-electron chi connectivity index (χ3n) is 2.77. The Morgan fingerprint density at radius 1 is 1.13 bits per heavy atom. The van der Waals surface area contributed by atoms with E-state index < -0.39 is 32.4 Å². The van der Waals surface area contributed by atoms with Crippen LogP contribution in [0.15, 0.2) is 21.7 Å². The van der Waals surface area contributed by atoms with Crippen molar-refractivity contribution in [2.24, 2.45) is 5.73 Å². The van der Waals surface area contributed by atoms with E-state index in [1.165, 1.54) is 12.1 Å². The molecular weight excluding hydrogens is 350 g/mol. The van der Waals surface area contributed by atoms with E-state index in [1.54, 1.807) is 0 Å². The predicted octanol–water partition coefficient (Wildman–Crippen LogP) is -1.58. The first kappa shape index (κ1) is 17.6. The van der Waals surface area contributed by atoms with Gasteiger partial charge in [0, 0.05) is 19.6 Å². The average molecular weight is 364 g/mol. The second kappa shape index (κ2) is 6.76. The van der Waals surface area contributed by atoms with Gasteiger partial charge in [0.1, 0.15) is 4.90 Å². The number of nitrogens with zero attached hydrogens (tertiary/aromatic N) is 2. The summed E-state index contributed by atoms with van der Waals surface area (Å²) in [6, 6.07) is 2.72. The smallest absolute Gasteiger partial charge is 0.242 e. The minimum absolute atomic E-state index is 0.0236. The van der Waals surface area contributed by atoms with Crippen molar-refractivity contribution in [2.75, 3.05) is 30.7 Å². The summed E-state index contributed by atoms with van der Waals surface area (Å²) in [6.45, 7) is 0.250. The fourth-order valence-electron chi connectivity index (χ4n) is 1.79. The van der Waals surface area contributed by atoms with Crippen LogP contribution < -0.4 is 15.8 Å². The van der Waals surface area contributed by atoms with Crippen LogP contribution in [0.4, 0.5) is 5.69 Å². The maximum absolute atomic E-state index is 12.2. The van der Waals surface area contributed by atoms with E-state index in [0.29, 0.717) is 18.8 Å². The van der Waals surface area contributed by atoms with Gasteiger partial charge in [-0.25, -0.2) is 26.2 Å². The van der Waals surface area contributed by atoms with Crippen LogP contribution in [0, 0.1) is 0 Å². The van der Waals surface area contributed by atoms with Crippen molar-refractivity contribution in [1.29, 1.82) is 0 Å². The fraction of sp³-hybridized carbons (Fsp3) is 0.400. The molecule has 2 rings (SSSR count). The number of nitrogens with two attached hydrogens (primary N) is 1. The van der Waals surface area contributed by atoms with Crippen LogP contribution >= 0.6 is 0 Å². The lowest BCUT2D eigenvalue weighted by atomic mass is 10.2. The van der Waals surface area contributed by atoms with Gasteiger partial charge in [-0.1, -0.05) is 0 Å². The first-order valence-corrected chi connectivity index (χ1v) is 9.43. The quantitative estimate of drug-likeness (QED) is 0.462. The lowest BCUT2D eigenvalue weighted by molar-refractivity contribution is 0.315. The number of hydrogen-bond donors (Lipinski definition) is 3. The molecule has 128 valence electrons. The fourth-order valence-corrected chi connectivity index (χ4v) is 3.43. The highest BCUT2D eigenvalue weighted by molar-refractivity contribution is 7.90. The highest BCUT2D eigenvalue weighted by Gasteiger charge is 2.22. The van der Waals surface area contributed by atoms with Crippen molar-refractivity contribution in [2.45, 2.75) is 4.90 Å². The Morgan fingerprint density at radius 3 is 2.48 bits per heavy atom. The molecule has 0 atom stereocenters. The topological polar surface area (TPSA) is 180 Å². The van der Waals surface area contributed by atoms with E-state index in [4.69, 9.17) is 5.73 Å². The van der Waals surface area contributed by atoms with Gasteiger partial charge in [0.15, 0.2) is 11.0 Å². The van der Waals surface area contributed by atoms with Crippen LogP contribution in [0.2, 0.25) is 0 Å². The Bertz CT molecular complexity index is 892. The van der Waals surface area contributed by atoms with Gasteiger partial charge in [-0.2, -0.15) is 0 Å². The molecule has 1 heterocycles. The average Bonchev–Trinajstić information content (AvgIpc) is 2.92. The second-order valence-electron chi connectivity index (χ2n) is 4.45. The Kier molecular flexibility index (Phi) is 5.16. The van der Waals surface area contributed by atoms with Gasteiger partial charge in [0.25, 0.3) is 0 Å². The number of sulfonamides is 1. The summed E-state index contributed by atoms with van der Waals surface area (Å²) in [6.07, 6.45) is 0. The van der Waals surface area contributed by atoms with Crippen molar-refractivity contribution in [3.63, 3.8) is 0 Å². The van der Waals surface area contributed by atoms with E-state index in [2.05, 4.69) is 20.3 Å². The van der Waals surface area contributed by atoms with Crippen molar-refractivity contribution < 1.29 is 26.0 Å². The van der Waals surface area contributed by atoms with Gasteiger partial charge in [0.05, 0.1) is 21.6 Å². The monoisotopic (exact) mass is 364 g/mol. The van der Waals surface area contributed by atoms with E-state index >= 15 is 0 Å². The molecule has 0 bridgehead atoms. The first-order valence-electron chi connectivity index (χ1n) is 6.37. The zero-order chi connectivity index (χ0) is 17.1. The molecule has 0 radical (unpaired) electrons. The van der Waals surface area contributed by atoms with Gasteiger partial charge >= 0.3 is 0 Å². The molecule has 0 unspecified atom stereocenters. The Hall–Kier alpha value is -1.80. The SMILES string of the molecule is NCCNc1ccc(S(=O)(=O)NCCS(=O)(=O)[O-])c2nonc12. The normalized spacial score (nSPS) is 12.6. The van der Waals surface area contributed by atoms with Gasteiger partial charge in [-0.05, 0) is 22.4 Å². The second-order valence-corrected chi connectivity index (χ2v) is 7.71. The minimum atomic E-state index is -4.52. The van der Waals surface area contributed by atoms with Gasteiger partial charge < -0.3 is 15.6 Å². The summed E-state index contributed by atoms with van der Waals surface area (Å²) < 4.78 is 62.6. The maximum atomic E-state index is 12.2. The third-order valence-corrected chi connectivity index (χ3v) is 4.97. The zero-order valence-corrected chi connectivity index (χ0v) is 13.4. The molecule has 0 amide bonds. The van der Waals surface area contributed by atoms with Crippen molar-refractivity contribution in [3.8, 4) is 0 Å². The van der Waals surface area contributed by atoms with Crippen LogP contribution in [0.5, 0.6) is 0 Å². The number of fused-ring (bicyclic) bond motifs is 1. The molecule has 0 spiro atoms. The number of aromatic nitrogens is 2. The van der Waals surface area contributed by atoms with E-state index in [-0.39, 0.29) is 15.9 Å². The molecule has 2 aromatic rings. The van der Waals surface area contributed by atoms with Gasteiger partial charge in [-0.15, -0.1) is 0 Å². The standard InChI is InChI=1S/C10H15N5O6S2/c11-3-4-12-7-1-2-8(10-9(7)14-21-15-10)23(19,20)13-5-6-22(16,17)18/h1-2,12-13H,3-6,11H2,(H,16,17,18)/p-1. The summed E-state index contributed by atoms with van der Waals surface area (Å²) in [7, 11) is -8.61. The molecule has 0 saturated carbocycles. The summed E-state index contributed by atoms with van der Waals surface area (Å²) in [5.41, 5.74) is 6.04. The number of anilines is 1. The largest absolute Gasteiger partial charge is 0.748 e. The van der Waals surface area contributed by atoms with Crippen LogP contribution in [0.25, 0.3) is 11.0 Å². The Balaban J connectivity index is 2.30. The Morgan fingerprint density at radius 2 is 1.83 bits per heavy atom. The minimum Gasteiger partial charge on any atom is -0.748 e. The molecule has 1 aromatic carbocycles. The maximum Gasteiger partial charge on any atom is 0.242 e. The third kappa shape index (κ3) is 4.35. The molecule has 0 aliphatic carbocycles. The van der Waals surface area contributed by atoms with Crippen molar-refractivity contribution in [3.05, 3.63) is 12.1 Å². The molecule has 1 aromatic heterocycles. The molecular formula is C10H14N5O6S2-. The summed E-state index contributed by atoms with van der Waals surface area (Å²) in [5, 5.41) is 10.1. The highest BCUT2D eigenvalue weighted by atomic mass is 32.2. The van der Waals surface area contributed by atoms with E-state index in [9.17, 15) is 21.4 Å². The molecule has 0 fully saturated rings. The number of benzene rings is 1. The molecule has 0 aliphatic heterocycles. The van der Waals surface area contributed by atoms with Gasteiger partial charge in [-0.3, -0.25) is 0 Å². The molecule has 23 heavy (non-hydrogen) atoms. The summed E-state index contributed by atoms with van der Waals surface area (Å²) in [5.74, 6) is -0.859. The lowest BCUT2D eigenvalue weighted by Crippen LogP contribution is -2.29. The van der Waals surface area contributed by atoms with Crippen LogP contribution in [0.1, 0.15) is 0 Å². The number of rotatable bonds is 8. The molecule has 13 heteroatoms. The molecule has 11 nitrogen and oxygen atoms in total. The molecule has 0 saturated heterocycles. The lowest BCUT2D eigenvalue weighted by Gasteiger charge is -2.10. The van der Waals surface area contributed by atoms with Gasteiger partial charge in [0.2, 0.25) is 10.0 Å². The molecule has 4 N–H and O–H groups in total. The summed E-state index contributed by atoms with van der Waals surface area (Å²) >= 11 is 0. The number of hydrogen-bond acceptors (Lipinski definition) is 10. The van der Waals surface area contributed by atoms with Crippen LogP contribution in [-0.4, -0.2) is 57.1 Å². The zero-order valence-electron chi connectivity index (χ0n) is 11.7. The van der Waals surface area contributed by atoms with Crippen molar-refractivity contribution >= 4 is 36.9 Å². The predicted molar refractivity (Wildman–Crippen MR) is 79.1 cm³/mol. The highest BCUT2D eigenvalue weighted by Crippen LogP contribution is 2.26. The first-order chi connectivity index (χ1) is 10.7. The summed E-state index contributed by atoms with van der Waals surface area (Å²) in [4.78, 5) is -0.240. The Labute approximate surface area is 132 Å². The van der Waals surface area contributed by atoms with Crippen LogP contribution in [0.3, 0.4) is 0 Å². The molecule has 0 aliphatic rings. The van der Waals surface area contributed by atoms with Crippen molar-refractivity contribution in [1.82, 2.24) is 15.0 Å². The number of nitrogens with one attached hydrogen (secondary N) is 2. The van der Waals surface area contributed by atoms with E-state index in [0.717, 1.165) is 0 Å². The van der Waals surface area contributed by atoms with E-state index in [1.807, 2.05) is 4.72 Å². The van der Waals surface area contributed by atoms with Crippen LogP contribution in [-0.2, 0) is 20.1 Å².